The van der Waals surface area contributed by atoms with Gasteiger partial charge in [0.25, 0.3) is 5.91 Å². The van der Waals surface area contributed by atoms with E-state index < -0.39 is 11.7 Å². The van der Waals surface area contributed by atoms with Crippen LogP contribution in [0.5, 0.6) is 5.75 Å². The van der Waals surface area contributed by atoms with Crippen molar-refractivity contribution in [2.24, 2.45) is 0 Å². The Morgan fingerprint density at radius 1 is 1.04 bits per heavy atom. The molecule has 1 amide bonds. The smallest absolute Gasteiger partial charge is 0.255 e. The topological polar surface area (TPSA) is 68.5 Å². The van der Waals surface area contributed by atoms with Crippen molar-refractivity contribution < 1.29 is 18.3 Å². The van der Waals surface area contributed by atoms with Gasteiger partial charge in [0.1, 0.15) is 11.4 Å². The third kappa shape index (κ3) is 3.01. The van der Waals surface area contributed by atoms with Crippen molar-refractivity contribution in [2.75, 3.05) is 12.4 Å². The lowest BCUT2D eigenvalue weighted by atomic mass is 10.1. The van der Waals surface area contributed by atoms with Crippen LogP contribution in [-0.2, 0) is 0 Å². The molecular formula is C21H14FNO4. The summed E-state index contributed by atoms with van der Waals surface area (Å²) in [5.74, 6) is -0.513. The number of carbonyl (C=O) groups is 1. The summed E-state index contributed by atoms with van der Waals surface area (Å²) in [7, 11) is 1.49. The van der Waals surface area contributed by atoms with E-state index in [-0.39, 0.29) is 11.0 Å². The molecule has 6 heteroatoms. The molecule has 1 heterocycles. The van der Waals surface area contributed by atoms with Crippen molar-refractivity contribution in [3.63, 3.8) is 0 Å². The van der Waals surface area contributed by atoms with Crippen LogP contribution in [0, 0.1) is 5.82 Å². The van der Waals surface area contributed by atoms with E-state index in [1.165, 1.54) is 25.3 Å². The molecule has 0 saturated heterocycles. The highest BCUT2D eigenvalue weighted by Crippen LogP contribution is 2.28. The molecule has 0 saturated carbocycles. The summed E-state index contributed by atoms with van der Waals surface area (Å²) in [5, 5.41) is 3.48. The van der Waals surface area contributed by atoms with Crippen LogP contribution in [0.2, 0.25) is 0 Å². The van der Waals surface area contributed by atoms with Gasteiger partial charge in [-0.25, -0.2) is 4.39 Å². The zero-order chi connectivity index (χ0) is 19.0. The SMILES string of the molecule is COc1cccc2c(=O)c3ccc(NC(=O)c4cccc(F)c4)cc3oc12. The molecule has 27 heavy (non-hydrogen) atoms. The quantitative estimate of drug-likeness (QED) is 0.550. The van der Waals surface area contributed by atoms with Gasteiger partial charge in [0.05, 0.1) is 17.9 Å². The van der Waals surface area contributed by atoms with Crippen LogP contribution in [0.4, 0.5) is 10.1 Å². The predicted molar refractivity (Wildman–Crippen MR) is 101 cm³/mol. The molecule has 0 aliphatic carbocycles. The van der Waals surface area contributed by atoms with Gasteiger partial charge in [-0.1, -0.05) is 12.1 Å². The van der Waals surface area contributed by atoms with E-state index in [1.54, 1.807) is 36.4 Å². The molecule has 0 atom stereocenters. The summed E-state index contributed by atoms with van der Waals surface area (Å²) < 4.78 is 24.4. The first-order valence-electron chi connectivity index (χ1n) is 8.17. The second-order valence-electron chi connectivity index (χ2n) is 5.94. The Balaban J connectivity index is 1.79. The van der Waals surface area contributed by atoms with Gasteiger partial charge in [0, 0.05) is 17.3 Å². The maximum atomic E-state index is 13.3. The molecule has 0 radical (unpaired) electrons. The largest absolute Gasteiger partial charge is 0.493 e. The van der Waals surface area contributed by atoms with Crippen LogP contribution in [0.3, 0.4) is 0 Å². The molecule has 0 aliphatic rings. The minimum atomic E-state index is -0.495. The monoisotopic (exact) mass is 363 g/mol. The first kappa shape index (κ1) is 16.8. The van der Waals surface area contributed by atoms with Crippen LogP contribution >= 0.6 is 0 Å². The highest BCUT2D eigenvalue weighted by atomic mass is 19.1. The molecule has 1 N–H and O–H groups in total. The summed E-state index contributed by atoms with van der Waals surface area (Å²) >= 11 is 0. The molecule has 134 valence electrons. The number of rotatable bonds is 3. The number of hydrogen-bond acceptors (Lipinski definition) is 4. The number of para-hydroxylation sites is 1. The van der Waals surface area contributed by atoms with Crippen molar-refractivity contribution in [3.8, 4) is 5.75 Å². The molecule has 0 spiro atoms. The fourth-order valence-corrected chi connectivity index (χ4v) is 2.92. The van der Waals surface area contributed by atoms with Gasteiger partial charge in [-0.15, -0.1) is 0 Å². The molecule has 4 aromatic rings. The second kappa shape index (κ2) is 6.57. The molecule has 4 rings (SSSR count). The summed E-state index contributed by atoms with van der Waals surface area (Å²) in [4.78, 5) is 25.0. The van der Waals surface area contributed by atoms with Crippen molar-refractivity contribution in [1.82, 2.24) is 0 Å². The Bertz CT molecular complexity index is 1250. The van der Waals surface area contributed by atoms with Gasteiger partial charge in [-0.05, 0) is 42.5 Å². The molecule has 5 nitrogen and oxygen atoms in total. The van der Waals surface area contributed by atoms with Crippen molar-refractivity contribution >= 4 is 33.5 Å². The molecule has 0 bridgehead atoms. The summed E-state index contributed by atoms with van der Waals surface area (Å²) in [5.41, 5.74) is 1.08. The first-order chi connectivity index (χ1) is 13.1. The van der Waals surface area contributed by atoms with Gasteiger partial charge < -0.3 is 14.5 Å². The van der Waals surface area contributed by atoms with Crippen LogP contribution in [-0.4, -0.2) is 13.0 Å². The first-order valence-corrected chi connectivity index (χ1v) is 8.17. The van der Waals surface area contributed by atoms with Gasteiger partial charge in [0.2, 0.25) is 5.43 Å². The molecule has 1 aromatic heterocycles. The zero-order valence-electron chi connectivity index (χ0n) is 14.3. The second-order valence-corrected chi connectivity index (χ2v) is 5.94. The maximum absolute atomic E-state index is 13.3. The van der Waals surface area contributed by atoms with Crippen LogP contribution in [0.1, 0.15) is 10.4 Å². The number of halogens is 1. The minimum Gasteiger partial charge on any atom is -0.493 e. The number of ether oxygens (including phenoxy) is 1. The van der Waals surface area contributed by atoms with E-state index in [1.807, 2.05) is 0 Å². The van der Waals surface area contributed by atoms with Gasteiger partial charge in [-0.3, -0.25) is 9.59 Å². The maximum Gasteiger partial charge on any atom is 0.255 e. The van der Waals surface area contributed by atoms with E-state index in [4.69, 9.17) is 9.15 Å². The fourth-order valence-electron chi connectivity index (χ4n) is 2.92. The Morgan fingerprint density at radius 3 is 2.63 bits per heavy atom. The summed E-state index contributed by atoms with van der Waals surface area (Å²) in [6.45, 7) is 0. The number of benzene rings is 3. The summed E-state index contributed by atoms with van der Waals surface area (Å²) in [6.07, 6.45) is 0. The highest BCUT2D eigenvalue weighted by molar-refractivity contribution is 6.05. The van der Waals surface area contributed by atoms with E-state index in [2.05, 4.69) is 5.32 Å². The molecule has 0 unspecified atom stereocenters. The van der Waals surface area contributed by atoms with Crippen LogP contribution < -0.4 is 15.5 Å². The van der Waals surface area contributed by atoms with Crippen molar-refractivity contribution in [3.05, 3.63) is 82.3 Å². The average molecular weight is 363 g/mol. The Kier molecular flexibility index (Phi) is 4.08. The lowest BCUT2D eigenvalue weighted by Crippen LogP contribution is -2.12. The predicted octanol–water partition coefficient (Wildman–Crippen LogP) is 4.35. The molecule has 0 aliphatic heterocycles. The number of fused-ring (bicyclic) bond motifs is 2. The van der Waals surface area contributed by atoms with Crippen molar-refractivity contribution in [2.45, 2.75) is 0 Å². The van der Waals surface area contributed by atoms with Crippen LogP contribution in [0.15, 0.2) is 69.9 Å². The molecule has 0 fully saturated rings. The Hall–Kier alpha value is -3.67. The number of carbonyl (C=O) groups excluding carboxylic acids is 1. The summed E-state index contributed by atoms with van der Waals surface area (Å²) in [6, 6.07) is 15.2. The number of methoxy groups -OCH3 is 1. The van der Waals surface area contributed by atoms with E-state index in [9.17, 15) is 14.0 Å². The van der Waals surface area contributed by atoms with Gasteiger partial charge in [0.15, 0.2) is 11.3 Å². The van der Waals surface area contributed by atoms with Gasteiger partial charge >= 0.3 is 0 Å². The standard InChI is InChI=1S/C21H14FNO4/c1-26-17-7-3-6-16-19(24)15-9-8-14(11-18(15)27-20(16)17)23-21(25)12-4-2-5-13(22)10-12/h2-11H,1H3,(H,23,25). The highest BCUT2D eigenvalue weighted by Gasteiger charge is 2.13. The van der Waals surface area contributed by atoms with E-state index in [0.717, 1.165) is 6.07 Å². The van der Waals surface area contributed by atoms with E-state index in [0.29, 0.717) is 33.4 Å². The number of amides is 1. The Morgan fingerprint density at radius 2 is 1.85 bits per heavy atom. The Labute approximate surface area is 153 Å². The average Bonchev–Trinajstić information content (AvgIpc) is 2.67. The fraction of sp³-hybridized carbons (Fsp3) is 0.0476. The van der Waals surface area contributed by atoms with Gasteiger partial charge in [-0.2, -0.15) is 0 Å². The number of anilines is 1. The van der Waals surface area contributed by atoms with Crippen molar-refractivity contribution in [1.29, 1.82) is 0 Å². The normalized spacial score (nSPS) is 10.9. The van der Waals surface area contributed by atoms with Crippen LogP contribution in [0.25, 0.3) is 21.9 Å². The molecular weight excluding hydrogens is 349 g/mol. The minimum absolute atomic E-state index is 0.187. The molecule has 3 aromatic carbocycles. The third-order valence-corrected chi connectivity index (χ3v) is 4.23. The van der Waals surface area contributed by atoms with E-state index >= 15 is 0 Å². The zero-order valence-corrected chi connectivity index (χ0v) is 14.3. The number of nitrogens with one attached hydrogen (secondary N) is 1. The third-order valence-electron chi connectivity index (χ3n) is 4.23. The number of hydrogen-bond donors (Lipinski definition) is 1. The lowest BCUT2D eigenvalue weighted by molar-refractivity contribution is 0.102. The lowest BCUT2D eigenvalue weighted by Gasteiger charge is -2.08.